The molecule has 0 bridgehead atoms. The first-order chi connectivity index (χ1) is 22.3. The van der Waals surface area contributed by atoms with Gasteiger partial charge in [-0.05, 0) is 67.3 Å². The molecule has 47 heavy (non-hydrogen) atoms. The third-order valence-electron chi connectivity index (χ3n) is 7.67. The second-order valence-electron chi connectivity index (χ2n) is 11.8. The summed E-state index contributed by atoms with van der Waals surface area (Å²) in [4.78, 5) is 30.0. The molecule has 0 spiro atoms. The minimum atomic E-state index is -4.28. The van der Waals surface area contributed by atoms with Gasteiger partial charge in [0.15, 0.2) is 0 Å². The largest absolute Gasteiger partial charge is 0.354 e. The van der Waals surface area contributed by atoms with Crippen molar-refractivity contribution in [1.82, 2.24) is 10.2 Å². The van der Waals surface area contributed by atoms with E-state index in [2.05, 4.69) is 5.32 Å². The number of hydrogen-bond donors (Lipinski definition) is 1. The molecule has 0 unspecified atom stereocenters. The predicted molar refractivity (Wildman–Crippen MR) is 191 cm³/mol. The van der Waals surface area contributed by atoms with Gasteiger partial charge < -0.3 is 10.2 Å². The molecule has 0 aliphatic heterocycles. The van der Waals surface area contributed by atoms with Crippen LogP contribution in [0.1, 0.15) is 36.1 Å². The van der Waals surface area contributed by atoms with Crippen molar-refractivity contribution in [3.63, 3.8) is 0 Å². The van der Waals surface area contributed by atoms with Gasteiger partial charge in [0.1, 0.15) is 12.6 Å². The van der Waals surface area contributed by atoms with Crippen LogP contribution in [-0.2, 0) is 32.6 Å². The molecule has 11 heteroatoms. The molecule has 0 aromatic heterocycles. The average molecular weight is 715 g/mol. The molecule has 4 rings (SSSR count). The molecule has 4 aromatic rings. The zero-order valence-corrected chi connectivity index (χ0v) is 29.8. The maximum atomic E-state index is 14.7. The van der Waals surface area contributed by atoms with Crippen LogP contribution >= 0.6 is 34.8 Å². The Hall–Kier alpha value is -3.56. The van der Waals surface area contributed by atoms with Crippen molar-refractivity contribution in [3.8, 4) is 0 Å². The van der Waals surface area contributed by atoms with Crippen molar-refractivity contribution in [3.05, 3.63) is 128 Å². The molecule has 7 nitrogen and oxygen atoms in total. The van der Waals surface area contributed by atoms with E-state index in [4.69, 9.17) is 34.8 Å². The van der Waals surface area contributed by atoms with Gasteiger partial charge in [0.2, 0.25) is 11.8 Å². The van der Waals surface area contributed by atoms with Crippen LogP contribution in [0.5, 0.6) is 0 Å². The number of amides is 2. The molecule has 0 aliphatic carbocycles. The van der Waals surface area contributed by atoms with Gasteiger partial charge in [-0.3, -0.25) is 13.9 Å². The molecular formula is C36H38Cl3N3O4S. The Morgan fingerprint density at radius 1 is 0.830 bits per heavy atom. The zero-order chi connectivity index (χ0) is 34.3. The standard InChI is InChI=1S/C36H38Cl3N3O4S/c1-24(2)21-40-36(44)34(19-27-9-6-5-7-10-27)41(22-30-31(38)11-8-12-32(30)39)35(43)23-42(33-20-28(37)16-15-26(33)4)47(45,46)29-17-13-25(3)14-18-29/h5-18,20,24,34H,19,21-23H2,1-4H3,(H,40,44)/t34-/m0/s1. The van der Waals surface area contributed by atoms with E-state index in [1.807, 2.05) is 51.1 Å². The first-order valence-electron chi connectivity index (χ1n) is 15.2. The Morgan fingerprint density at radius 3 is 2.09 bits per heavy atom. The highest BCUT2D eigenvalue weighted by Crippen LogP contribution is 2.31. The quantitative estimate of drug-likeness (QED) is 0.153. The minimum Gasteiger partial charge on any atom is -0.354 e. The monoisotopic (exact) mass is 713 g/mol. The van der Waals surface area contributed by atoms with Gasteiger partial charge in [0.05, 0.1) is 10.6 Å². The summed E-state index contributed by atoms with van der Waals surface area (Å²) in [5.41, 5.74) is 2.96. The first kappa shape index (κ1) is 36.3. The van der Waals surface area contributed by atoms with Crippen LogP contribution in [0.4, 0.5) is 5.69 Å². The maximum Gasteiger partial charge on any atom is 0.264 e. The molecule has 248 valence electrons. The number of nitrogens with one attached hydrogen (secondary N) is 1. The van der Waals surface area contributed by atoms with E-state index < -0.39 is 28.5 Å². The van der Waals surface area contributed by atoms with Gasteiger partial charge in [0, 0.05) is 40.1 Å². The highest BCUT2D eigenvalue weighted by molar-refractivity contribution is 7.92. The summed E-state index contributed by atoms with van der Waals surface area (Å²) < 4.78 is 29.6. The summed E-state index contributed by atoms with van der Waals surface area (Å²) in [6.45, 7) is 7.16. The van der Waals surface area contributed by atoms with Crippen molar-refractivity contribution in [2.75, 3.05) is 17.4 Å². The number of hydrogen-bond acceptors (Lipinski definition) is 4. The van der Waals surface area contributed by atoms with Gasteiger partial charge in [-0.25, -0.2) is 8.42 Å². The third kappa shape index (κ3) is 9.29. The fourth-order valence-corrected chi connectivity index (χ4v) is 7.19. The van der Waals surface area contributed by atoms with Crippen molar-refractivity contribution in [2.45, 2.75) is 51.6 Å². The number of benzene rings is 4. The van der Waals surface area contributed by atoms with Gasteiger partial charge in [-0.1, -0.05) is 109 Å². The van der Waals surface area contributed by atoms with E-state index >= 15 is 0 Å². The van der Waals surface area contributed by atoms with E-state index in [-0.39, 0.29) is 35.4 Å². The van der Waals surface area contributed by atoms with E-state index in [1.165, 1.54) is 23.1 Å². The fraction of sp³-hybridized carbons (Fsp3) is 0.278. The Morgan fingerprint density at radius 2 is 1.47 bits per heavy atom. The number of rotatable bonds is 13. The summed E-state index contributed by atoms with van der Waals surface area (Å²) in [5.74, 6) is -0.859. The Labute approximate surface area is 292 Å². The van der Waals surface area contributed by atoms with E-state index in [0.717, 1.165) is 15.4 Å². The smallest absolute Gasteiger partial charge is 0.264 e. The van der Waals surface area contributed by atoms with Crippen LogP contribution in [0.2, 0.25) is 15.1 Å². The maximum absolute atomic E-state index is 14.7. The summed E-state index contributed by atoms with van der Waals surface area (Å²) in [6, 6.07) is 24.5. The number of sulfonamides is 1. The highest BCUT2D eigenvalue weighted by Gasteiger charge is 2.35. The van der Waals surface area contributed by atoms with Crippen LogP contribution in [0.3, 0.4) is 0 Å². The van der Waals surface area contributed by atoms with E-state index in [9.17, 15) is 18.0 Å². The van der Waals surface area contributed by atoms with E-state index in [0.29, 0.717) is 32.7 Å². The lowest BCUT2D eigenvalue weighted by molar-refractivity contribution is -0.140. The van der Waals surface area contributed by atoms with Crippen LogP contribution in [0.15, 0.2) is 95.9 Å². The number of anilines is 1. The molecule has 1 atom stereocenters. The summed E-state index contributed by atoms with van der Waals surface area (Å²) >= 11 is 19.5. The molecular weight excluding hydrogens is 677 g/mol. The van der Waals surface area contributed by atoms with Crippen molar-refractivity contribution in [2.24, 2.45) is 5.92 Å². The lowest BCUT2D eigenvalue weighted by atomic mass is 10.0. The molecule has 0 fully saturated rings. The van der Waals surface area contributed by atoms with Crippen LogP contribution < -0.4 is 9.62 Å². The predicted octanol–water partition coefficient (Wildman–Crippen LogP) is 7.87. The number of carbonyl (C=O) groups is 2. The zero-order valence-electron chi connectivity index (χ0n) is 26.7. The highest BCUT2D eigenvalue weighted by atomic mass is 35.5. The topological polar surface area (TPSA) is 86.8 Å². The second kappa shape index (κ2) is 16.0. The first-order valence-corrected chi connectivity index (χ1v) is 17.7. The van der Waals surface area contributed by atoms with Gasteiger partial charge >= 0.3 is 0 Å². The van der Waals surface area contributed by atoms with Gasteiger partial charge in [-0.15, -0.1) is 0 Å². The lowest BCUT2D eigenvalue weighted by Crippen LogP contribution is -2.54. The number of halogens is 3. The van der Waals surface area contributed by atoms with Crippen LogP contribution in [0, 0.1) is 19.8 Å². The third-order valence-corrected chi connectivity index (χ3v) is 10.4. The molecule has 0 aliphatic rings. The Balaban J connectivity index is 1.86. The minimum absolute atomic E-state index is 0.00601. The van der Waals surface area contributed by atoms with Crippen LogP contribution in [-0.4, -0.2) is 44.3 Å². The number of carbonyl (C=O) groups excluding carboxylic acids is 2. The van der Waals surface area contributed by atoms with Gasteiger partial charge in [-0.2, -0.15) is 0 Å². The van der Waals surface area contributed by atoms with Crippen molar-refractivity contribution in [1.29, 1.82) is 0 Å². The fourth-order valence-electron chi connectivity index (χ4n) is 5.03. The molecule has 2 amide bonds. The summed E-state index contributed by atoms with van der Waals surface area (Å²) in [7, 11) is -4.28. The number of nitrogens with zero attached hydrogens (tertiary/aromatic N) is 2. The van der Waals surface area contributed by atoms with Crippen molar-refractivity contribution >= 4 is 62.3 Å². The van der Waals surface area contributed by atoms with Gasteiger partial charge in [0.25, 0.3) is 10.0 Å². The molecule has 0 heterocycles. The van der Waals surface area contributed by atoms with Crippen molar-refractivity contribution < 1.29 is 18.0 Å². The summed E-state index contributed by atoms with van der Waals surface area (Å²) in [5, 5.41) is 3.89. The SMILES string of the molecule is Cc1ccc(S(=O)(=O)N(CC(=O)N(Cc2c(Cl)cccc2Cl)[C@@H](Cc2ccccc2)C(=O)NCC(C)C)c2cc(Cl)ccc2C)cc1. The normalized spacial score (nSPS) is 12.1. The molecule has 1 N–H and O–H groups in total. The number of aryl methyl sites for hydroxylation is 2. The molecule has 0 saturated carbocycles. The molecule has 0 radical (unpaired) electrons. The molecule has 0 saturated heterocycles. The Kier molecular flexibility index (Phi) is 12.4. The average Bonchev–Trinajstić information content (AvgIpc) is 3.03. The van der Waals surface area contributed by atoms with E-state index in [1.54, 1.807) is 49.4 Å². The summed E-state index contributed by atoms with van der Waals surface area (Å²) in [6.07, 6.45) is 0.166. The van der Waals surface area contributed by atoms with Crippen LogP contribution in [0.25, 0.3) is 0 Å². The second-order valence-corrected chi connectivity index (χ2v) is 14.9. The molecule has 4 aromatic carbocycles. The Bertz CT molecular complexity index is 1800. The lowest BCUT2D eigenvalue weighted by Gasteiger charge is -2.34.